The van der Waals surface area contributed by atoms with Crippen molar-refractivity contribution < 1.29 is 22.4 Å². The monoisotopic (exact) mass is 488 g/mol. The topological polar surface area (TPSA) is 64.2 Å². The van der Waals surface area contributed by atoms with Gasteiger partial charge in [-0.05, 0) is 29.3 Å². The zero-order valence-electron chi connectivity index (χ0n) is 18.3. The van der Waals surface area contributed by atoms with E-state index in [4.69, 9.17) is 16.0 Å². The first-order valence-electron chi connectivity index (χ1n) is 10.3. The molecule has 34 heavy (non-hydrogen) atoms. The number of carbonyl (C=O) groups is 1. The minimum absolute atomic E-state index is 0.0579. The van der Waals surface area contributed by atoms with Gasteiger partial charge < -0.3 is 13.9 Å². The van der Waals surface area contributed by atoms with Gasteiger partial charge >= 0.3 is 6.18 Å². The van der Waals surface area contributed by atoms with Gasteiger partial charge in [0.1, 0.15) is 11.4 Å². The molecule has 0 atom stereocenters. The van der Waals surface area contributed by atoms with E-state index in [1.54, 1.807) is 61.5 Å². The van der Waals surface area contributed by atoms with Gasteiger partial charge in [0.2, 0.25) is 11.8 Å². The lowest BCUT2D eigenvalue weighted by Gasteiger charge is -2.20. The SMILES string of the molecule is Cc1nnc(CN(C)C(=O)c2c(-c3ccc(Cl)cc3)cc(C(F)(F)F)n2Cc2ccccc2)o1. The van der Waals surface area contributed by atoms with E-state index in [2.05, 4.69) is 10.2 Å². The van der Waals surface area contributed by atoms with E-state index in [-0.39, 0.29) is 30.2 Å². The highest BCUT2D eigenvalue weighted by molar-refractivity contribution is 6.30. The van der Waals surface area contributed by atoms with Gasteiger partial charge in [-0.2, -0.15) is 13.2 Å². The number of carbonyl (C=O) groups excluding carboxylic acids is 1. The summed E-state index contributed by atoms with van der Waals surface area (Å²) in [4.78, 5) is 14.8. The molecule has 0 radical (unpaired) electrons. The number of amides is 1. The zero-order valence-corrected chi connectivity index (χ0v) is 19.1. The second-order valence-electron chi connectivity index (χ2n) is 7.74. The summed E-state index contributed by atoms with van der Waals surface area (Å²) in [6.07, 6.45) is -4.68. The van der Waals surface area contributed by atoms with Crippen molar-refractivity contribution in [2.24, 2.45) is 0 Å². The van der Waals surface area contributed by atoms with Crippen LogP contribution in [0, 0.1) is 6.92 Å². The summed E-state index contributed by atoms with van der Waals surface area (Å²) in [7, 11) is 1.47. The second kappa shape index (κ2) is 9.34. The largest absolute Gasteiger partial charge is 0.431 e. The molecule has 0 fully saturated rings. The van der Waals surface area contributed by atoms with E-state index >= 15 is 0 Å². The molecule has 1 amide bonds. The van der Waals surface area contributed by atoms with Crippen LogP contribution in [0.1, 0.15) is 33.5 Å². The first-order valence-corrected chi connectivity index (χ1v) is 10.7. The number of nitrogens with zero attached hydrogens (tertiary/aromatic N) is 4. The molecule has 0 aliphatic heterocycles. The van der Waals surface area contributed by atoms with Crippen LogP contribution in [0.5, 0.6) is 0 Å². The normalized spacial score (nSPS) is 11.6. The Hall–Kier alpha value is -3.59. The van der Waals surface area contributed by atoms with Crippen LogP contribution in [0.4, 0.5) is 13.2 Å². The zero-order chi connectivity index (χ0) is 24.5. The molecule has 2 aromatic carbocycles. The molecule has 6 nitrogen and oxygen atoms in total. The highest BCUT2D eigenvalue weighted by atomic mass is 35.5. The Morgan fingerprint density at radius 2 is 1.76 bits per heavy atom. The molecule has 4 rings (SSSR count). The van der Waals surface area contributed by atoms with Crippen LogP contribution < -0.4 is 0 Å². The fourth-order valence-corrected chi connectivity index (χ4v) is 3.78. The van der Waals surface area contributed by atoms with Crippen LogP contribution in [0.15, 0.2) is 65.1 Å². The van der Waals surface area contributed by atoms with Crippen LogP contribution in [0.2, 0.25) is 5.02 Å². The lowest BCUT2D eigenvalue weighted by Crippen LogP contribution is -2.30. The van der Waals surface area contributed by atoms with Crippen molar-refractivity contribution in [2.45, 2.75) is 26.2 Å². The smallest absolute Gasteiger partial charge is 0.424 e. The number of benzene rings is 2. The Kier molecular flexibility index (Phi) is 6.47. The number of aryl methyl sites for hydroxylation is 1. The maximum Gasteiger partial charge on any atom is 0.431 e. The van der Waals surface area contributed by atoms with Gasteiger partial charge in [-0.1, -0.05) is 54.1 Å². The third-order valence-electron chi connectivity index (χ3n) is 5.22. The van der Waals surface area contributed by atoms with Gasteiger partial charge in [-0.25, -0.2) is 0 Å². The molecule has 10 heteroatoms. The molecule has 0 aliphatic rings. The Bertz CT molecular complexity index is 1300. The van der Waals surface area contributed by atoms with Gasteiger partial charge in [0.05, 0.1) is 6.54 Å². The molecule has 0 saturated heterocycles. The lowest BCUT2D eigenvalue weighted by atomic mass is 10.0. The summed E-state index contributed by atoms with van der Waals surface area (Å²) < 4.78 is 48.8. The summed E-state index contributed by atoms with van der Waals surface area (Å²) >= 11 is 5.98. The Morgan fingerprint density at radius 1 is 1.09 bits per heavy atom. The van der Waals surface area contributed by atoms with Crippen LogP contribution in [-0.4, -0.2) is 32.6 Å². The maximum atomic E-state index is 14.1. The van der Waals surface area contributed by atoms with Gasteiger partial charge in [0, 0.05) is 31.1 Å². The first-order chi connectivity index (χ1) is 16.1. The number of hydrogen-bond acceptors (Lipinski definition) is 4. The highest BCUT2D eigenvalue weighted by Crippen LogP contribution is 2.38. The molecule has 2 heterocycles. The van der Waals surface area contributed by atoms with Crippen molar-refractivity contribution >= 4 is 17.5 Å². The number of aromatic nitrogens is 3. The number of alkyl halides is 3. The molecule has 0 bridgehead atoms. The maximum absolute atomic E-state index is 14.1. The summed E-state index contributed by atoms with van der Waals surface area (Å²) in [5.74, 6) is -0.115. The lowest BCUT2D eigenvalue weighted by molar-refractivity contribution is -0.143. The van der Waals surface area contributed by atoms with E-state index < -0.39 is 17.8 Å². The molecule has 0 saturated carbocycles. The average Bonchev–Trinajstić information content (AvgIpc) is 3.37. The Balaban J connectivity index is 1.87. The predicted octanol–water partition coefficient (Wildman–Crippen LogP) is 5.84. The predicted molar refractivity (Wildman–Crippen MR) is 120 cm³/mol. The van der Waals surface area contributed by atoms with Crippen molar-refractivity contribution in [2.75, 3.05) is 7.05 Å². The van der Waals surface area contributed by atoms with Gasteiger partial charge in [0.25, 0.3) is 5.91 Å². The summed E-state index contributed by atoms with van der Waals surface area (Å²) in [6, 6.07) is 16.0. The third kappa shape index (κ3) is 4.99. The first kappa shape index (κ1) is 23.6. The summed E-state index contributed by atoms with van der Waals surface area (Å²) in [5.41, 5.74) is 0.185. The van der Waals surface area contributed by atoms with E-state index in [9.17, 15) is 18.0 Å². The van der Waals surface area contributed by atoms with Crippen molar-refractivity contribution in [3.63, 3.8) is 0 Å². The van der Waals surface area contributed by atoms with E-state index in [1.807, 2.05) is 0 Å². The number of hydrogen-bond donors (Lipinski definition) is 0. The average molecular weight is 489 g/mol. The van der Waals surface area contributed by atoms with E-state index in [1.165, 1.54) is 11.9 Å². The van der Waals surface area contributed by atoms with Crippen LogP contribution in [-0.2, 0) is 19.3 Å². The number of halogens is 4. The van der Waals surface area contributed by atoms with Gasteiger partial charge in [-0.3, -0.25) is 4.79 Å². The molecule has 2 aromatic heterocycles. The van der Waals surface area contributed by atoms with Crippen molar-refractivity contribution in [1.29, 1.82) is 0 Å². The molecule has 0 spiro atoms. The standard InChI is InChI=1S/C24H20ClF3N4O2/c1-15-29-30-21(34-15)14-31(2)23(33)22-19(17-8-10-18(25)11-9-17)12-20(24(26,27)28)32(22)13-16-6-4-3-5-7-16/h3-12H,13-14H2,1-2H3. The third-order valence-corrected chi connectivity index (χ3v) is 5.47. The summed E-state index contributed by atoms with van der Waals surface area (Å²) in [6.45, 7) is 1.41. The molecule has 0 unspecified atom stereocenters. The molecule has 4 aromatic rings. The second-order valence-corrected chi connectivity index (χ2v) is 8.18. The number of rotatable bonds is 6. The Morgan fingerprint density at radius 3 is 2.35 bits per heavy atom. The van der Waals surface area contributed by atoms with Crippen molar-refractivity contribution in [3.8, 4) is 11.1 Å². The van der Waals surface area contributed by atoms with Crippen LogP contribution >= 0.6 is 11.6 Å². The molecule has 0 N–H and O–H groups in total. The fourth-order valence-electron chi connectivity index (χ4n) is 3.65. The van der Waals surface area contributed by atoms with Crippen molar-refractivity contribution in [1.82, 2.24) is 19.7 Å². The van der Waals surface area contributed by atoms with Crippen molar-refractivity contribution in [3.05, 3.63) is 94.4 Å². The molecule has 176 valence electrons. The van der Waals surface area contributed by atoms with Gasteiger partial charge in [0.15, 0.2) is 0 Å². The molecular formula is C24H20ClF3N4O2. The van der Waals surface area contributed by atoms with E-state index in [0.717, 1.165) is 10.6 Å². The quantitative estimate of drug-likeness (QED) is 0.342. The van der Waals surface area contributed by atoms with Crippen LogP contribution in [0.3, 0.4) is 0 Å². The van der Waals surface area contributed by atoms with Crippen LogP contribution in [0.25, 0.3) is 11.1 Å². The summed E-state index contributed by atoms with van der Waals surface area (Å²) in [5, 5.41) is 8.04. The molecule has 0 aliphatic carbocycles. The fraction of sp³-hybridized carbons (Fsp3) is 0.208. The minimum Gasteiger partial charge on any atom is -0.424 e. The van der Waals surface area contributed by atoms with Gasteiger partial charge in [-0.15, -0.1) is 10.2 Å². The minimum atomic E-state index is -4.68. The highest BCUT2D eigenvalue weighted by Gasteiger charge is 2.39. The van der Waals surface area contributed by atoms with E-state index in [0.29, 0.717) is 22.0 Å². The molecular weight excluding hydrogens is 469 g/mol. The Labute approximate surface area is 198 Å².